The number of alkyl halides is 3. The number of carbonyl (C=O) groups excluding carboxylic acids is 3. The van der Waals surface area contributed by atoms with Crippen molar-refractivity contribution < 1.29 is 41.4 Å². The van der Waals surface area contributed by atoms with Crippen LogP contribution in [0.5, 0.6) is 17.2 Å². The third-order valence-corrected chi connectivity index (χ3v) is 6.41. The largest absolute Gasteiger partial charge is 0.453 e. The Morgan fingerprint density at radius 3 is 2.37 bits per heavy atom. The van der Waals surface area contributed by atoms with Crippen molar-refractivity contribution in [3.05, 3.63) is 98.4 Å². The van der Waals surface area contributed by atoms with Gasteiger partial charge in [-0.15, -0.1) is 0 Å². The first-order chi connectivity index (χ1) is 19.3. The van der Waals surface area contributed by atoms with Gasteiger partial charge in [0.15, 0.2) is 0 Å². The van der Waals surface area contributed by atoms with Crippen LogP contribution in [0.3, 0.4) is 0 Å². The highest BCUT2D eigenvalue weighted by Crippen LogP contribution is 2.40. The van der Waals surface area contributed by atoms with Gasteiger partial charge in [0.05, 0.1) is 27.1 Å². The average molecular weight is 586 g/mol. The number of hydrogen-bond donors (Lipinski definition) is 0. The molecular weight excluding hydrogens is 567 g/mol. The summed E-state index contributed by atoms with van der Waals surface area (Å²) < 4.78 is 57.2. The zero-order valence-electron chi connectivity index (χ0n) is 21.4. The molecule has 0 saturated carbocycles. The maximum absolute atomic E-state index is 13.9. The number of hydrogen-bond acceptors (Lipinski definition) is 7. The summed E-state index contributed by atoms with van der Waals surface area (Å²) >= 11 is 5.98. The molecule has 41 heavy (non-hydrogen) atoms. The third-order valence-electron chi connectivity index (χ3n) is 6.09. The molecule has 0 bridgehead atoms. The number of halogens is 4. The molecule has 0 radical (unpaired) electrons. The zero-order chi connectivity index (χ0) is 29.6. The van der Waals surface area contributed by atoms with Crippen LogP contribution in [0, 0.1) is 5.92 Å². The maximum atomic E-state index is 13.9. The van der Waals surface area contributed by atoms with Crippen molar-refractivity contribution in [2.24, 2.45) is 5.92 Å². The smallest absolute Gasteiger partial charge is 0.448 e. The summed E-state index contributed by atoms with van der Waals surface area (Å²) in [4.78, 5) is 52.3. The van der Waals surface area contributed by atoms with Crippen molar-refractivity contribution in [1.82, 2.24) is 4.90 Å². The molecule has 0 fully saturated rings. The fourth-order valence-corrected chi connectivity index (χ4v) is 4.43. The quantitative estimate of drug-likeness (QED) is 0.140. The Bertz CT molecular complexity index is 1800. The highest BCUT2D eigenvalue weighted by atomic mass is 35.5. The van der Waals surface area contributed by atoms with Gasteiger partial charge < -0.3 is 13.9 Å². The lowest BCUT2D eigenvalue weighted by molar-refractivity contribution is -0.154. The van der Waals surface area contributed by atoms with Gasteiger partial charge in [0.25, 0.3) is 17.6 Å². The van der Waals surface area contributed by atoms with E-state index in [9.17, 15) is 32.3 Å². The Morgan fingerprint density at radius 2 is 1.68 bits per heavy atom. The van der Waals surface area contributed by atoms with Crippen LogP contribution in [-0.4, -0.2) is 29.2 Å². The van der Waals surface area contributed by atoms with E-state index in [4.69, 9.17) is 25.5 Å². The van der Waals surface area contributed by atoms with Crippen molar-refractivity contribution in [3.8, 4) is 17.2 Å². The second-order valence-corrected chi connectivity index (χ2v) is 9.95. The van der Waals surface area contributed by atoms with Gasteiger partial charge in [-0.25, -0.2) is 4.79 Å². The van der Waals surface area contributed by atoms with Gasteiger partial charge in [-0.2, -0.15) is 13.2 Å². The average Bonchev–Trinajstić information content (AvgIpc) is 3.14. The summed E-state index contributed by atoms with van der Waals surface area (Å²) in [5.74, 6) is -5.16. The predicted molar refractivity (Wildman–Crippen MR) is 141 cm³/mol. The molecule has 12 heteroatoms. The van der Waals surface area contributed by atoms with Crippen LogP contribution in [-0.2, 0) is 6.18 Å². The summed E-state index contributed by atoms with van der Waals surface area (Å²) in [6.07, 6.45) is -5.12. The molecule has 0 unspecified atom stereocenters. The second kappa shape index (κ2) is 10.4. The van der Waals surface area contributed by atoms with Gasteiger partial charge in [0, 0.05) is 12.6 Å². The van der Waals surface area contributed by atoms with E-state index >= 15 is 0 Å². The van der Waals surface area contributed by atoms with E-state index in [1.165, 1.54) is 48.5 Å². The molecule has 0 saturated heterocycles. The Labute approximate surface area is 234 Å². The summed E-state index contributed by atoms with van der Waals surface area (Å²) in [7, 11) is 0. The summed E-state index contributed by atoms with van der Waals surface area (Å²) in [5, 5.41) is -0.292. The minimum atomic E-state index is -5.12. The lowest BCUT2D eigenvalue weighted by Gasteiger charge is -2.15. The topological polar surface area (TPSA) is 103 Å². The molecule has 0 spiro atoms. The standard InChI is InChI=1S/C29H19ClF3NO7/c1-14(2)13-34-26(36)17-9-7-15(11-19(17)27(34)37)28(38)39-16-8-10-18-22(12-16)41-25(29(31,32)33)24(23(18)35)40-21-6-4-3-5-20(21)30/h3-12,14H,13H2,1-2H3. The SMILES string of the molecule is CC(C)CN1C(=O)c2ccc(C(=O)Oc3ccc4c(=O)c(Oc5ccccc5Cl)c(C(F)(F)F)oc4c3)cc2C1=O. The Balaban J connectivity index is 1.46. The highest BCUT2D eigenvalue weighted by Gasteiger charge is 2.41. The number of benzene rings is 3. The van der Waals surface area contributed by atoms with Crippen LogP contribution in [0.15, 0.2) is 69.9 Å². The molecule has 1 aliphatic heterocycles. The van der Waals surface area contributed by atoms with E-state index in [2.05, 4.69) is 0 Å². The summed E-state index contributed by atoms with van der Waals surface area (Å²) in [5.41, 5.74) is -1.52. The van der Waals surface area contributed by atoms with Crippen LogP contribution in [0.25, 0.3) is 11.0 Å². The fraction of sp³-hybridized carbons (Fsp3) is 0.172. The van der Waals surface area contributed by atoms with Crippen LogP contribution in [0.4, 0.5) is 13.2 Å². The molecule has 0 aliphatic carbocycles. The lowest BCUT2D eigenvalue weighted by atomic mass is 10.1. The molecule has 1 aromatic heterocycles. The van der Waals surface area contributed by atoms with Gasteiger partial charge in [-0.3, -0.25) is 19.3 Å². The first kappa shape index (κ1) is 27.9. The van der Waals surface area contributed by atoms with Gasteiger partial charge in [-0.05, 0) is 48.4 Å². The molecule has 5 rings (SSSR count). The molecule has 2 amide bonds. The molecule has 4 aromatic rings. The minimum Gasteiger partial charge on any atom is -0.448 e. The lowest BCUT2D eigenvalue weighted by Crippen LogP contribution is -2.33. The summed E-state index contributed by atoms with van der Waals surface area (Å²) in [6.45, 7) is 3.91. The Kier molecular flexibility index (Phi) is 7.08. The van der Waals surface area contributed by atoms with Gasteiger partial charge in [0.1, 0.15) is 17.1 Å². The number of rotatable bonds is 6. The number of carbonyl (C=O) groups is 3. The van der Waals surface area contributed by atoms with Crippen LogP contribution >= 0.6 is 11.6 Å². The van der Waals surface area contributed by atoms with Crippen LogP contribution in [0.2, 0.25) is 5.02 Å². The Hall–Kier alpha value is -4.64. The predicted octanol–water partition coefficient (Wildman–Crippen LogP) is 6.73. The first-order valence-corrected chi connectivity index (χ1v) is 12.6. The molecule has 2 heterocycles. The maximum Gasteiger partial charge on any atom is 0.453 e. The van der Waals surface area contributed by atoms with Crippen molar-refractivity contribution >= 4 is 40.4 Å². The normalized spacial score (nSPS) is 13.2. The van der Waals surface area contributed by atoms with Gasteiger partial charge in [-0.1, -0.05) is 37.6 Å². The number of esters is 1. The molecule has 210 valence electrons. The van der Waals surface area contributed by atoms with E-state index in [1.807, 2.05) is 13.8 Å². The number of para-hydroxylation sites is 1. The Morgan fingerprint density at radius 1 is 0.976 bits per heavy atom. The van der Waals surface area contributed by atoms with Crippen molar-refractivity contribution in [1.29, 1.82) is 0 Å². The van der Waals surface area contributed by atoms with Gasteiger partial charge in [0.2, 0.25) is 11.2 Å². The fourth-order valence-electron chi connectivity index (χ4n) is 4.25. The van der Waals surface area contributed by atoms with Crippen molar-refractivity contribution in [2.45, 2.75) is 20.0 Å². The second-order valence-electron chi connectivity index (χ2n) is 9.54. The molecule has 8 nitrogen and oxygen atoms in total. The molecule has 3 aromatic carbocycles. The number of amides is 2. The first-order valence-electron chi connectivity index (χ1n) is 12.2. The molecule has 0 N–H and O–H groups in total. The number of fused-ring (bicyclic) bond motifs is 2. The van der Waals surface area contributed by atoms with E-state index in [-0.39, 0.29) is 51.1 Å². The molecule has 1 aliphatic rings. The van der Waals surface area contributed by atoms with E-state index in [0.717, 1.165) is 17.0 Å². The minimum absolute atomic E-state index is 0.0207. The van der Waals surface area contributed by atoms with Gasteiger partial charge >= 0.3 is 12.1 Å². The monoisotopic (exact) mass is 585 g/mol. The zero-order valence-corrected chi connectivity index (χ0v) is 22.1. The van der Waals surface area contributed by atoms with E-state index < -0.39 is 46.5 Å². The molecular formula is C29H19ClF3NO7. The highest BCUT2D eigenvalue weighted by molar-refractivity contribution is 6.32. The van der Waals surface area contributed by atoms with E-state index in [1.54, 1.807) is 0 Å². The molecule has 0 atom stereocenters. The number of imide groups is 1. The van der Waals surface area contributed by atoms with Crippen molar-refractivity contribution in [2.75, 3.05) is 6.54 Å². The van der Waals surface area contributed by atoms with Crippen molar-refractivity contribution in [3.63, 3.8) is 0 Å². The number of nitrogens with zero attached hydrogens (tertiary/aromatic N) is 1. The van der Waals surface area contributed by atoms with Crippen LogP contribution in [0.1, 0.15) is 50.7 Å². The van der Waals surface area contributed by atoms with E-state index in [0.29, 0.717) is 0 Å². The third kappa shape index (κ3) is 5.28. The summed E-state index contributed by atoms with van der Waals surface area (Å²) in [6, 6.07) is 12.8. The number of ether oxygens (including phenoxy) is 2. The van der Waals surface area contributed by atoms with Crippen LogP contribution < -0.4 is 14.9 Å².